The third-order valence-electron chi connectivity index (χ3n) is 2.64. The van der Waals surface area contributed by atoms with Gasteiger partial charge in [-0.1, -0.05) is 0 Å². The molecule has 3 rings (SSSR count). The van der Waals surface area contributed by atoms with Crippen LogP contribution in [-0.2, 0) is 23.7 Å². The minimum atomic E-state index is 0.616. The number of rotatable bonds is 0. The van der Waals surface area contributed by atoms with Crippen LogP contribution in [0.5, 0.6) is 0 Å². The highest BCUT2D eigenvalue weighted by Gasteiger charge is 2.27. The van der Waals surface area contributed by atoms with Gasteiger partial charge in [0.1, 0.15) is 0 Å². The average Bonchev–Trinajstić information content (AvgIpc) is 2.61. The van der Waals surface area contributed by atoms with Crippen LogP contribution in [0, 0.1) is 0 Å². The standard InChI is InChI=1S/C9H11NOS/c1-6-10-8(5-12-6)2-7-3-11-4-9(7)10/h2,6H,3-5H2,1H3/t6-/m1/s1. The van der Waals surface area contributed by atoms with E-state index in [4.69, 9.17) is 4.74 Å². The fraction of sp³-hybridized carbons (Fsp3) is 0.556. The van der Waals surface area contributed by atoms with Gasteiger partial charge < -0.3 is 9.30 Å². The number of thioether (sulfide) groups is 1. The van der Waals surface area contributed by atoms with Crippen molar-refractivity contribution >= 4 is 11.8 Å². The molecule has 0 aromatic carbocycles. The van der Waals surface area contributed by atoms with Crippen molar-refractivity contribution in [3.8, 4) is 0 Å². The average molecular weight is 181 g/mol. The van der Waals surface area contributed by atoms with E-state index in [1.165, 1.54) is 22.7 Å². The Morgan fingerprint density at radius 3 is 3.42 bits per heavy atom. The van der Waals surface area contributed by atoms with Gasteiger partial charge in [0.2, 0.25) is 0 Å². The van der Waals surface area contributed by atoms with Gasteiger partial charge in [0.25, 0.3) is 0 Å². The van der Waals surface area contributed by atoms with E-state index in [9.17, 15) is 0 Å². The zero-order valence-corrected chi connectivity index (χ0v) is 7.86. The highest BCUT2D eigenvalue weighted by molar-refractivity contribution is 7.98. The summed E-state index contributed by atoms with van der Waals surface area (Å²) in [6.07, 6.45) is 0. The van der Waals surface area contributed by atoms with Crippen molar-refractivity contribution in [2.75, 3.05) is 0 Å². The maximum absolute atomic E-state index is 5.40. The molecule has 0 radical (unpaired) electrons. The Morgan fingerprint density at radius 2 is 2.50 bits per heavy atom. The maximum atomic E-state index is 5.40. The van der Waals surface area contributed by atoms with Gasteiger partial charge >= 0.3 is 0 Å². The summed E-state index contributed by atoms with van der Waals surface area (Å²) in [6.45, 7) is 3.91. The van der Waals surface area contributed by atoms with Gasteiger partial charge in [-0.3, -0.25) is 0 Å². The van der Waals surface area contributed by atoms with E-state index in [2.05, 4.69) is 17.6 Å². The van der Waals surface area contributed by atoms with E-state index in [1.54, 1.807) is 0 Å². The molecule has 0 bridgehead atoms. The first kappa shape index (κ1) is 7.04. The summed E-state index contributed by atoms with van der Waals surface area (Å²) < 4.78 is 7.84. The minimum absolute atomic E-state index is 0.616. The number of nitrogens with zero attached hydrogens (tertiary/aromatic N) is 1. The Hall–Kier alpha value is -0.410. The molecule has 0 unspecified atom stereocenters. The lowest BCUT2D eigenvalue weighted by atomic mass is 10.3. The molecule has 0 aliphatic carbocycles. The normalized spacial score (nSPS) is 25.9. The van der Waals surface area contributed by atoms with E-state index in [0.29, 0.717) is 5.37 Å². The molecule has 64 valence electrons. The van der Waals surface area contributed by atoms with Crippen LogP contribution >= 0.6 is 11.8 Å². The van der Waals surface area contributed by atoms with Crippen LogP contribution in [0.4, 0.5) is 0 Å². The zero-order valence-electron chi connectivity index (χ0n) is 7.04. The Morgan fingerprint density at radius 1 is 1.58 bits per heavy atom. The molecular weight excluding hydrogens is 170 g/mol. The van der Waals surface area contributed by atoms with Gasteiger partial charge in [0.05, 0.1) is 24.3 Å². The number of aromatic nitrogens is 1. The number of fused-ring (bicyclic) bond motifs is 3. The quantitative estimate of drug-likeness (QED) is 0.609. The zero-order chi connectivity index (χ0) is 8.13. The molecule has 12 heavy (non-hydrogen) atoms. The van der Waals surface area contributed by atoms with Crippen LogP contribution in [0.2, 0.25) is 0 Å². The molecule has 1 atom stereocenters. The summed E-state index contributed by atoms with van der Waals surface area (Å²) in [5.41, 5.74) is 4.32. The van der Waals surface area contributed by atoms with Crippen molar-refractivity contribution < 1.29 is 4.74 Å². The molecule has 0 amide bonds. The fourth-order valence-electron chi connectivity index (χ4n) is 2.07. The summed E-state index contributed by atoms with van der Waals surface area (Å²) in [5.74, 6) is 1.17. The van der Waals surface area contributed by atoms with E-state index in [1.807, 2.05) is 11.8 Å². The molecule has 3 heterocycles. The topological polar surface area (TPSA) is 14.2 Å². The molecule has 2 aliphatic rings. The van der Waals surface area contributed by atoms with E-state index in [0.717, 1.165) is 13.2 Å². The van der Waals surface area contributed by atoms with Crippen LogP contribution in [-0.4, -0.2) is 4.57 Å². The van der Waals surface area contributed by atoms with Gasteiger partial charge in [-0.05, 0) is 13.0 Å². The van der Waals surface area contributed by atoms with E-state index in [-0.39, 0.29) is 0 Å². The summed E-state index contributed by atoms with van der Waals surface area (Å²) in [7, 11) is 0. The van der Waals surface area contributed by atoms with E-state index >= 15 is 0 Å². The predicted molar refractivity (Wildman–Crippen MR) is 48.9 cm³/mol. The first-order valence-corrected chi connectivity index (χ1v) is 5.32. The highest BCUT2D eigenvalue weighted by atomic mass is 32.2. The molecule has 2 aliphatic heterocycles. The summed E-state index contributed by atoms with van der Waals surface area (Å²) >= 11 is 2.01. The highest BCUT2D eigenvalue weighted by Crippen LogP contribution is 2.40. The molecule has 1 aromatic heterocycles. The number of hydrogen-bond acceptors (Lipinski definition) is 2. The molecule has 0 spiro atoms. The molecule has 1 aromatic rings. The van der Waals surface area contributed by atoms with Gasteiger partial charge in [0, 0.05) is 17.0 Å². The Bertz CT molecular complexity index is 332. The monoisotopic (exact) mass is 181 g/mol. The Labute approximate surface area is 75.9 Å². The number of hydrogen-bond donors (Lipinski definition) is 0. The van der Waals surface area contributed by atoms with Crippen molar-refractivity contribution in [1.82, 2.24) is 4.57 Å². The second-order valence-electron chi connectivity index (χ2n) is 3.38. The first-order valence-electron chi connectivity index (χ1n) is 4.27. The lowest BCUT2D eigenvalue weighted by Crippen LogP contribution is -2.01. The van der Waals surface area contributed by atoms with Gasteiger partial charge in [-0.25, -0.2) is 0 Å². The van der Waals surface area contributed by atoms with Crippen LogP contribution in [0.25, 0.3) is 0 Å². The van der Waals surface area contributed by atoms with Gasteiger partial charge in [0.15, 0.2) is 0 Å². The Balaban J connectivity index is 2.20. The largest absolute Gasteiger partial charge is 0.370 e. The summed E-state index contributed by atoms with van der Waals surface area (Å²) in [6, 6.07) is 2.30. The maximum Gasteiger partial charge on any atom is 0.0876 e. The molecule has 0 fully saturated rings. The summed E-state index contributed by atoms with van der Waals surface area (Å²) in [4.78, 5) is 0. The fourth-order valence-corrected chi connectivity index (χ4v) is 3.12. The van der Waals surface area contributed by atoms with Gasteiger partial charge in [-0.15, -0.1) is 11.8 Å². The van der Waals surface area contributed by atoms with Crippen molar-refractivity contribution in [3.05, 3.63) is 23.0 Å². The second kappa shape index (κ2) is 2.30. The molecular formula is C9H11NOS. The lowest BCUT2D eigenvalue weighted by Gasteiger charge is -2.08. The molecule has 0 saturated heterocycles. The number of ether oxygens (including phenoxy) is 1. The predicted octanol–water partition coefficient (Wildman–Crippen LogP) is 2.28. The van der Waals surface area contributed by atoms with Crippen LogP contribution in [0.3, 0.4) is 0 Å². The van der Waals surface area contributed by atoms with Crippen LogP contribution < -0.4 is 0 Å². The third kappa shape index (κ3) is 0.756. The molecule has 3 heteroatoms. The first-order chi connectivity index (χ1) is 5.86. The van der Waals surface area contributed by atoms with Gasteiger partial charge in [-0.2, -0.15) is 0 Å². The Kier molecular flexibility index (Phi) is 1.35. The molecule has 0 saturated carbocycles. The smallest absolute Gasteiger partial charge is 0.0876 e. The second-order valence-corrected chi connectivity index (χ2v) is 4.68. The van der Waals surface area contributed by atoms with Crippen molar-refractivity contribution in [2.24, 2.45) is 0 Å². The molecule has 2 nitrogen and oxygen atoms in total. The van der Waals surface area contributed by atoms with Crippen LogP contribution in [0.15, 0.2) is 6.07 Å². The van der Waals surface area contributed by atoms with Crippen molar-refractivity contribution in [3.63, 3.8) is 0 Å². The minimum Gasteiger partial charge on any atom is -0.370 e. The lowest BCUT2D eigenvalue weighted by molar-refractivity contribution is 0.130. The van der Waals surface area contributed by atoms with Crippen molar-refractivity contribution in [2.45, 2.75) is 31.3 Å². The van der Waals surface area contributed by atoms with Crippen molar-refractivity contribution in [1.29, 1.82) is 0 Å². The third-order valence-corrected chi connectivity index (χ3v) is 3.80. The van der Waals surface area contributed by atoms with E-state index < -0.39 is 0 Å². The molecule has 0 N–H and O–H groups in total. The summed E-state index contributed by atoms with van der Waals surface area (Å²) in [5, 5.41) is 0.616. The SMILES string of the molecule is C[C@H]1SCc2cc3c(n21)COC3. The van der Waals surface area contributed by atoms with Crippen LogP contribution in [0.1, 0.15) is 29.2 Å².